The first-order chi connectivity index (χ1) is 10.0. The highest BCUT2D eigenvalue weighted by Gasteiger charge is 2.10. The maximum atomic E-state index is 11.7. The summed E-state index contributed by atoms with van der Waals surface area (Å²) in [5.74, 6) is 0.271. The first-order valence-corrected chi connectivity index (χ1v) is 7.00. The number of nitrogens with one attached hydrogen (secondary N) is 2. The first kappa shape index (κ1) is 14.9. The molecule has 0 bridgehead atoms. The Hall–Kier alpha value is -2.49. The fraction of sp³-hybridized carbons (Fsp3) is 0.235. The van der Waals surface area contributed by atoms with Gasteiger partial charge in [0.15, 0.2) is 0 Å². The Kier molecular flexibility index (Phi) is 4.48. The van der Waals surface area contributed by atoms with E-state index in [0.29, 0.717) is 17.2 Å². The lowest BCUT2D eigenvalue weighted by atomic mass is 10.0. The molecule has 4 nitrogen and oxygen atoms in total. The molecular formula is C17H21N3O. The molecule has 2 aromatic rings. The lowest BCUT2D eigenvalue weighted by Gasteiger charge is -2.16. The second-order valence-corrected chi connectivity index (χ2v) is 5.25. The third kappa shape index (κ3) is 3.34. The highest BCUT2D eigenvalue weighted by atomic mass is 16.1. The number of hydrogen-bond donors (Lipinski definition) is 3. The molecule has 0 fully saturated rings. The largest absolute Gasteiger partial charge is 0.397 e. The van der Waals surface area contributed by atoms with Gasteiger partial charge in [-0.05, 0) is 35.7 Å². The van der Waals surface area contributed by atoms with E-state index < -0.39 is 0 Å². The van der Waals surface area contributed by atoms with Gasteiger partial charge in [-0.15, -0.1) is 0 Å². The topological polar surface area (TPSA) is 67.2 Å². The number of carbonyl (C=O) groups is 1. The number of nitrogen functional groups attached to an aromatic ring is 1. The van der Waals surface area contributed by atoms with Gasteiger partial charge in [0.2, 0.25) is 0 Å². The molecule has 0 aliphatic heterocycles. The SMILES string of the molecule is CNC(=O)c1ccc(N)c(Nc2ccccc2C(C)C)c1. The molecule has 0 radical (unpaired) electrons. The van der Waals surface area contributed by atoms with Gasteiger partial charge in [0.1, 0.15) is 0 Å². The van der Waals surface area contributed by atoms with E-state index in [1.807, 2.05) is 18.2 Å². The van der Waals surface area contributed by atoms with Crippen molar-refractivity contribution in [3.8, 4) is 0 Å². The van der Waals surface area contributed by atoms with Crippen LogP contribution in [0.3, 0.4) is 0 Å². The second kappa shape index (κ2) is 6.31. The molecule has 0 unspecified atom stereocenters. The van der Waals surface area contributed by atoms with Crippen LogP contribution in [0.4, 0.5) is 17.1 Å². The first-order valence-electron chi connectivity index (χ1n) is 7.00. The Morgan fingerprint density at radius 2 is 1.81 bits per heavy atom. The van der Waals surface area contributed by atoms with Crippen LogP contribution in [0.5, 0.6) is 0 Å². The summed E-state index contributed by atoms with van der Waals surface area (Å²) in [6.07, 6.45) is 0. The molecule has 0 saturated heterocycles. The normalized spacial score (nSPS) is 10.5. The van der Waals surface area contributed by atoms with Crippen LogP contribution in [0.2, 0.25) is 0 Å². The van der Waals surface area contributed by atoms with Gasteiger partial charge < -0.3 is 16.4 Å². The van der Waals surface area contributed by atoms with E-state index in [1.54, 1.807) is 25.2 Å². The van der Waals surface area contributed by atoms with Crippen molar-refractivity contribution >= 4 is 23.0 Å². The highest BCUT2D eigenvalue weighted by molar-refractivity contribution is 5.96. The van der Waals surface area contributed by atoms with E-state index in [-0.39, 0.29) is 5.91 Å². The van der Waals surface area contributed by atoms with Crippen molar-refractivity contribution in [2.24, 2.45) is 0 Å². The van der Waals surface area contributed by atoms with Gasteiger partial charge >= 0.3 is 0 Å². The number of hydrogen-bond acceptors (Lipinski definition) is 3. The molecule has 2 aromatic carbocycles. The quantitative estimate of drug-likeness (QED) is 0.752. The second-order valence-electron chi connectivity index (χ2n) is 5.25. The van der Waals surface area contributed by atoms with E-state index in [2.05, 4.69) is 30.5 Å². The number of benzene rings is 2. The smallest absolute Gasteiger partial charge is 0.251 e. The zero-order valence-electron chi connectivity index (χ0n) is 12.6. The van der Waals surface area contributed by atoms with Crippen molar-refractivity contribution in [1.29, 1.82) is 0 Å². The number of carbonyl (C=O) groups excluding carboxylic acids is 1. The van der Waals surface area contributed by atoms with Gasteiger partial charge in [-0.2, -0.15) is 0 Å². The molecule has 0 aliphatic rings. The van der Waals surface area contributed by atoms with Crippen molar-refractivity contribution in [3.05, 3.63) is 53.6 Å². The van der Waals surface area contributed by atoms with Crippen molar-refractivity contribution in [3.63, 3.8) is 0 Å². The lowest BCUT2D eigenvalue weighted by Crippen LogP contribution is -2.18. The maximum Gasteiger partial charge on any atom is 0.251 e. The Labute approximate surface area is 125 Å². The summed E-state index contributed by atoms with van der Waals surface area (Å²) in [6.45, 7) is 4.29. The minimum atomic E-state index is -0.129. The highest BCUT2D eigenvalue weighted by Crippen LogP contribution is 2.30. The third-order valence-electron chi connectivity index (χ3n) is 3.39. The predicted octanol–water partition coefficient (Wildman–Crippen LogP) is 3.50. The van der Waals surface area contributed by atoms with Crippen LogP contribution in [-0.2, 0) is 0 Å². The Balaban J connectivity index is 2.38. The van der Waals surface area contributed by atoms with Crippen LogP contribution in [0.15, 0.2) is 42.5 Å². The number of rotatable bonds is 4. The number of nitrogens with two attached hydrogens (primary N) is 1. The van der Waals surface area contributed by atoms with Crippen molar-refractivity contribution in [2.45, 2.75) is 19.8 Å². The van der Waals surface area contributed by atoms with Crippen LogP contribution in [0, 0.1) is 0 Å². The Morgan fingerprint density at radius 1 is 1.10 bits per heavy atom. The van der Waals surface area contributed by atoms with Crippen LogP contribution in [0.25, 0.3) is 0 Å². The Bertz CT molecular complexity index is 650. The molecule has 0 aromatic heterocycles. The molecule has 110 valence electrons. The van der Waals surface area contributed by atoms with Gasteiger partial charge in [0, 0.05) is 18.3 Å². The fourth-order valence-corrected chi connectivity index (χ4v) is 2.21. The van der Waals surface area contributed by atoms with Gasteiger partial charge in [-0.25, -0.2) is 0 Å². The van der Waals surface area contributed by atoms with Gasteiger partial charge in [0.25, 0.3) is 5.91 Å². The van der Waals surface area contributed by atoms with E-state index in [4.69, 9.17) is 5.73 Å². The van der Waals surface area contributed by atoms with E-state index in [9.17, 15) is 4.79 Å². The van der Waals surface area contributed by atoms with Crippen molar-refractivity contribution < 1.29 is 4.79 Å². The predicted molar refractivity (Wildman–Crippen MR) is 88.1 cm³/mol. The van der Waals surface area contributed by atoms with Crippen LogP contribution in [-0.4, -0.2) is 13.0 Å². The average molecular weight is 283 g/mol. The van der Waals surface area contributed by atoms with Crippen LogP contribution in [0.1, 0.15) is 35.7 Å². The minimum absolute atomic E-state index is 0.129. The minimum Gasteiger partial charge on any atom is -0.397 e. The third-order valence-corrected chi connectivity index (χ3v) is 3.39. The zero-order valence-corrected chi connectivity index (χ0v) is 12.6. The Morgan fingerprint density at radius 3 is 2.48 bits per heavy atom. The molecule has 0 atom stereocenters. The molecule has 0 saturated carbocycles. The molecule has 0 heterocycles. The van der Waals surface area contributed by atoms with Crippen LogP contribution < -0.4 is 16.4 Å². The molecule has 1 amide bonds. The van der Waals surface area contributed by atoms with Crippen molar-refractivity contribution in [1.82, 2.24) is 5.32 Å². The van der Waals surface area contributed by atoms with Crippen molar-refractivity contribution in [2.75, 3.05) is 18.1 Å². The summed E-state index contributed by atoms with van der Waals surface area (Å²) < 4.78 is 0. The molecule has 4 heteroatoms. The average Bonchev–Trinajstić information content (AvgIpc) is 2.49. The summed E-state index contributed by atoms with van der Waals surface area (Å²) in [7, 11) is 1.61. The molecule has 0 spiro atoms. The molecule has 4 N–H and O–H groups in total. The van der Waals surface area contributed by atoms with Gasteiger partial charge in [-0.1, -0.05) is 32.0 Å². The van der Waals surface area contributed by atoms with Crippen LogP contribution >= 0.6 is 0 Å². The number of amides is 1. The van der Waals surface area contributed by atoms with E-state index in [1.165, 1.54) is 5.56 Å². The number of anilines is 3. The summed E-state index contributed by atoms with van der Waals surface area (Å²) in [5, 5.41) is 5.95. The number of para-hydroxylation sites is 1. The summed E-state index contributed by atoms with van der Waals surface area (Å²) in [5.41, 5.74) is 10.2. The summed E-state index contributed by atoms with van der Waals surface area (Å²) in [6, 6.07) is 13.3. The standard InChI is InChI=1S/C17H21N3O/c1-11(2)13-6-4-5-7-15(13)20-16-10-12(17(21)19-3)8-9-14(16)18/h4-11,20H,18H2,1-3H3,(H,19,21). The zero-order chi connectivity index (χ0) is 15.4. The maximum absolute atomic E-state index is 11.7. The lowest BCUT2D eigenvalue weighted by molar-refractivity contribution is 0.0963. The summed E-state index contributed by atoms with van der Waals surface area (Å²) in [4.78, 5) is 11.7. The van der Waals surface area contributed by atoms with E-state index in [0.717, 1.165) is 11.4 Å². The molecule has 0 aliphatic carbocycles. The van der Waals surface area contributed by atoms with Gasteiger partial charge in [-0.3, -0.25) is 4.79 Å². The molecule has 2 rings (SSSR count). The van der Waals surface area contributed by atoms with Gasteiger partial charge in [0.05, 0.1) is 11.4 Å². The molecular weight excluding hydrogens is 262 g/mol. The monoisotopic (exact) mass is 283 g/mol. The molecule has 21 heavy (non-hydrogen) atoms. The fourth-order valence-electron chi connectivity index (χ4n) is 2.21. The summed E-state index contributed by atoms with van der Waals surface area (Å²) >= 11 is 0. The van der Waals surface area contributed by atoms with E-state index >= 15 is 0 Å².